The Hall–Kier alpha value is -2.99. The van der Waals surface area contributed by atoms with E-state index in [1.54, 1.807) is 0 Å². The number of aromatic nitrogens is 3. The maximum absolute atomic E-state index is 6.04. The van der Waals surface area contributed by atoms with Crippen molar-refractivity contribution in [3.05, 3.63) is 60.4 Å². The summed E-state index contributed by atoms with van der Waals surface area (Å²) >= 11 is 0. The van der Waals surface area contributed by atoms with Gasteiger partial charge in [0.1, 0.15) is 5.82 Å². The molecule has 5 rings (SSSR count). The zero-order valence-corrected chi connectivity index (χ0v) is 17.2. The highest BCUT2D eigenvalue weighted by atomic mass is 15.2. The fourth-order valence-corrected chi connectivity index (χ4v) is 4.48. The molecule has 1 saturated carbocycles. The zero-order chi connectivity index (χ0) is 20.3. The van der Waals surface area contributed by atoms with Crippen molar-refractivity contribution in [2.75, 3.05) is 16.8 Å². The number of aryl methyl sites for hydroxylation is 1. The average molecular weight is 401 g/mol. The highest BCUT2D eigenvalue weighted by molar-refractivity contribution is 5.72. The second kappa shape index (κ2) is 8.40. The predicted molar refractivity (Wildman–Crippen MR) is 121 cm³/mol. The fourth-order valence-electron chi connectivity index (χ4n) is 4.48. The van der Waals surface area contributed by atoms with Crippen LogP contribution in [0.25, 0.3) is 11.3 Å². The summed E-state index contributed by atoms with van der Waals surface area (Å²) in [5.41, 5.74) is 10.6. The molecular weight excluding hydrogens is 372 g/mol. The van der Waals surface area contributed by atoms with Gasteiger partial charge in [-0.1, -0.05) is 30.3 Å². The van der Waals surface area contributed by atoms with Crippen LogP contribution in [0.2, 0.25) is 0 Å². The number of fused-ring (bicyclic) bond motifs is 1. The average Bonchev–Trinajstić information content (AvgIpc) is 2.81. The first-order valence-corrected chi connectivity index (χ1v) is 10.9. The summed E-state index contributed by atoms with van der Waals surface area (Å²) < 4.78 is 0. The van der Waals surface area contributed by atoms with E-state index in [2.05, 4.69) is 45.5 Å². The molecule has 154 valence electrons. The van der Waals surface area contributed by atoms with Gasteiger partial charge in [-0.15, -0.1) is 0 Å². The van der Waals surface area contributed by atoms with Crippen LogP contribution in [-0.2, 0) is 6.42 Å². The van der Waals surface area contributed by atoms with Gasteiger partial charge in [-0.3, -0.25) is 4.98 Å². The molecule has 6 heteroatoms. The van der Waals surface area contributed by atoms with Gasteiger partial charge in [0.05, 0.1) is 5.69 Å². The predicted octanol–water partition coefficient (Wildman–Crippen LogP) is 4.30. The van der Waals surface area contributed by atoms with Gasteiger partial charge in [-0.2, -0.15) is 4.98 Å². The highest BCUT2D eigenvalue weighted by Crippen LogP contribution is 2.35. The van der Waals surface area contributed by atoms with Gasteiger partial charge in [-0.05, 0) is 56.2 Å². The highest BCUT2D eigenvalue weighted by Gasteiger charge is 2.22. The smallest absolute Gasteiger partial charge is 0.224 e. The number of benzene rings is 1. The number of hydrogen-bond donors (Lipinski definition) is 2. The van der Waals surface area contributed by atoms with Crippen LogP contribution in [0.3, 0.4) is 0 Å². The van der Waals surface area contributed by atoms with E-state index in [4.69, 9.17) is 15.7 Å². The molecule has 0 amide bonds. The molecule has 0 bridgehead atoms. The van der Waals surface area contributed by atoms with Crippen molar-refractivity contribution in [1.29, 1.82) is 0 Å². The monoisotopic (exact) mass is 400 g/mol. The molecule has 1 aliphatic carbocycles. The molecule has 3 aromatic rings. The van der Waals surface area contributed by atoms with Crippen molar-refractivity contribution < 1.29 is 0 Å². The Morgan fingerprint density at radius 1 is 1.00 bits per heavy atom. The Bertz CT molecular complexity index is 998. The molecule has 3 N–H and O–H groups in total. The van der Waals surface area contributed by atoms with Crippen molar-refractivity contribution >= 4 is 17.5 Å². The first-order chi connectivity index (χ1) is 14.8. The molecule has 2 aliphatic rings. The molecule has 6 nitrogen and oxygen atoms in total. The summed E-state index contributed by atoms with van der Waals surface area (Å²) in [5.74, 6) is 1.64. The standard InChI is InChI=1S/C24H28N6/c25-19-8-10-20(11-9-19)28-24-26-13-12-23(29-24)30-14-4-7-18-16-27-21(15-22(18)30)17-5-2-1-3-6-17/h1-3,5-6,12-13,15-16,19-20H,4,7-11,14,25H2,(H,26,28,29). The molecule has 2 aromatic heterocycles. The number of rotatable bonds is 4. The minimum Gasteiger partial charge on any atom is -0.351 e. The largest absolute Gasteiger partial charge is 0.351 e. The number of hydrogen-bond acceptors (Lipinski definition) is 6. The Morgan fingerprint density at radius 3 is 2.67 bits per heavy atom. The molecule has 0 atom stereocenters. The molecule has 1 aromatic carbocycles. The molecule has 1 fully saturated rings. The van der Waals surface area contributed by atoms with Gasteiger partial charge in [0, 0.05) is 42.3 Å². The molecule has 1 aliphatic heterocycles. The fraction of sp³-hybridized carbons (Fsp3) is 0.375. The molecule has 0 saturated heterocycles. The van der Waals surface area contributed by atoms with Crippen molar-refractivity contribution in [2.24, 2.45) is 5.73 Å². The first-order valence-electron chi connectivity index (χ1n) is 10.9. The van der Waals surface area contributed by atoms with Gasteiger partial charge in [0.15, 0.2) is 0 Å². The van der Waals surface area contributed by atoms with Crippen LogP contribution in [0.1, 0.15) is 37.7 Å². The van der Waals surface area contributed by atoms with Crippen LogP contribution in [0, 0.1) is 0 Å². The zero-order valence-electron chi connectivity index (χ0n) is 17.2. The van der Waals surface area contributed by atoms with Crippen molar-refractivity contribution in [2.45, 2.75) is 50.6 Å². The summed E-state index contributed by atoms with van der Waals surface area (Å²) in [5, 5.41) is 3.53. The van der Waals surface area contributed by atoms with E-state index >= 15 is 0 Å². The van der Waals surface area contributed by atoms with Crippen molar-refractivity contribution in [3.63, 3.8) is 0 Å². The normalized spacial score (nSPS) is 21.2. The van der Waals surface area contributed by atoms with Crippen LogP contribution in [0.5, 0.6) is 0 Å². The van der Waals surface area contributed by atoms with Crippen molar-refractivity contribution in [3.8, 4) is 11.3 Å². The van der Waals surface area contributed by atoms with Crippen LogP contribution in [-0.4, -0.2) is 33.6 Å². The molecule has 30 heavy (non-hydrogen) atoms. The van der Waals surface area contributed by atoms with E-state index in [1.165, 1.54) is 11.3 Å². The second-order valence-corrected chi connectivity index (χ2v) is 8.31. The van der Waals surface area contributed by atoms with Gasteiger partial charge in [-0.25, -0.2) is 4.98 Å². The maximum Gasteiger partial charge on any atom is 0.224 e. The van der Waals surface area contributed by atoms with E-state index in [0.717, 1.165) is 62.1 Å². The Morgan fingerprint density at radius 2 is 1.83 bits per heavy atom. The number of nitrogens with zero attached hydrogens (tertiary/aromatic N) is 4. The third kappa shape index (κ3) is 4.00. The van der Waals surface area contributed by atoms with E-state index < -0.39 is 0 Å². The Balaban J connectivity index is 1.42. The first kappa shape index (κ1) is 19.0. The molecular formula is C24H28N6. The Labute approximate surface area is 177 Å². The summed E-state index contributed by atoms with van der Waals surface area (Å²) in [7, 11) is 0. The lowest BCUT2D eigenvalue weighted by Gasteiger charge is -2.31. The minimum absolute atomic E-state index is 0.340. The van der Waals surface area contributed by atoms with Gasteiger partial charge >= 0.3 is 0 Å². The Kier molecular flexibility index (Phi) is 5.32. The summed E-state index contributed by atoms with van der Waals surface area (Å²) in [6, 6.07) is 15.3. The third-order valence-electron chi connectivity index (χ3n) is 6.17. The van der Waals surface area contributed by atoms with Gasteiger partial charge in [0.2, 0.25) is 5.95 Å². The quantitative estimate of drug-likeness (QED) is 0.679. The van der Waals surface area contributed by atoms with Crippen LogP contribution in [0.4, 0.5) is 17.5 Å². The van der Waals surface area contributed by atoms with Gasteiger partial charge < -0.3 is 16.0 Å². The maximum atomic E-state index is 6.04. The summed E-state index contributed by atoms with van der Waals surface area (Å²) in [4.78, 5) is 16.4. The molecule has 0 radical (unpaired) electrons. The van der Waals surface area contributed by atoms with Crippen LogP contribution >= 0.6 is 0 Å². The molecule has 0 spiro atoms. The summed E-state index contributed by atoms with van der Waals surface area (Å²) in [6.45, 7) is 0.944. The van der Waals surface area contributed by atoms with Crippen molar-refractivity contribution in [1.82, 2.24) is 15.0 Å². The second-order valence-electron chi connectivity index (χ2n) is 8.31. The molecule has 3 heterocycles. The van der Waals surface area contributed by atoms with E-state index in [1.807, 2.05) is 24.5 Å². The van der Waals surface area contributed by atoms with E-state index in [0.29, 0.717) is 18.0 Å². The number of nitrogens with one attached hydrogen (secondary N) is 1. The topological polar surface area (TPSA) is 80.0 Å². The lowest BCUT2D eigenvalue weighted by atomic mass is 9.92. The molecule has 0 unspecified atom stereocenters. The number of pyridine rings is 1. The lowest BCUT2D eigenvalue weighted by Crippen LogP contribution is -2.33. The third-order valence-corrected chi connectivity index (χ3v) is 6.17. The van der Waals surface area contributed by atoms with Gasteiger partial charge in [0.25, 0.3) is 0 Å². The minimum atomic E-state index is 0.340. The van der Waals surface area contributed by atoms with Crippen LogP contribution in [0.15, 0.2) is 54.9 Å². The van der Waals surface area contributed by atoms with E-state index in [-0.39, 0.29) is 0 Å². The number of nitrogens with two attached hydrogens (primary N) is 1. The summed E-state index contributed by atoms with van der Waals surface area (Å²) in [6.07, 6.45) is 10.3. The van der Waals surface area contributed by atoms with Crippen LogP contribution < -0.4 is 16.0 Å². The number of anilines is 3. The van der Waals surface area contributed by atoms with E-state index in [9.17, 15) is 0 Å². The SMILES string of the molecule is NC1CCC(Nc2nccc(N3CCCc4cnc(-c5ccccc5)cc43)n2)CC1. The lowest BCUT2D eigenvalue weighted by molar-refractivity contribution is 0.410.